The molecule has 37 heavy (non-hydrogen) atoms. The monoisotopic (exact) mass is 527 g/mol. The second-order valence-electron chi connectivity index (χ2n) is 10.7. The van der Waals surface area contributed by atoms with Gasteiger partial charge in [0.1, 0.15) is 0 Å². The van der Waals surface area contributed by atoms with Crippen LogP contribution in [-0.4, -0.2) is 53.9 Å². The van der Waals surface area contributed by atoms with Gasteiger partial charge in [-0.3, -0.25) is 4.79 Å². The predicted molar refractivity (Wildman–Crippen MR) is 146 cm³/mol. The van der Waals surface area contributed by atoms with E-state index in [9.17, 15) is 18.3 Å². The van der Waals surface area contributed by atoms with Crippen LogP contribution in [0.4, 0.5) is 5.69 Å². The molecule has 1 unspecified atom stereocenters. The maximum absolute atomic E-state index is 13.9. The van der Waals surface area contributed by atoms with E-state index >= 15 is 0 Å². The van der Waals surface area contributed by atoms with E-state index in [1.54, 1.807) is 17.0 Å². The average molecular weight is 528 g/mol. The molecule has 4 rings (SSSR count). The normalized spacial score (nSPS) is 19.7. The van der Waals surface area contributed by atoms with Gasteiger partial charge in [-0.1, -0.05) is 56.0 Å². The fraction of sp³-hybridized carbons (Fsp3) is 0.552. The molecule has 0 aromatic heterocycles. The maximum atomic E-state index is 13.9. The summed E-state index contributed by atoms with van der Waals surface area (Å²) in [6.45, 7) is 4.13. The number of carbonyl (C=O) groups excluding carboxylic acids is 1. The Morgan fingerprint density at radius 1 is 1.00 bits per heavy atom. The number of rotatable bonds is 10. The van der Waals surface area contributed by atoms with Crippen LogP contribution < -0.4 is 5.73 Å². The Morgan fingerprint density at radius 3 is 2.14 bits per heavy atom. The minimum Gasteiger partial charge on any atom is -0.399 e. The first-order valence-electron chi connectivity index (χ1n) is 13.6. The molecule has 0 aliphatic heterocycles. The van der Waals surface area contributed by atoms with Crippen LogP contribution in [-0.2, 0) is 20.4 Å². The van der Waals surface area contributed by atoms with Crippen LogP contribution in [0.15, 0.2) is 59.5 Å². The zero-order chi connectivity index (χ0) is 26.6. The van der Waals surface area contributed by atoms with E-state index in [0.717, 1.165) is 56.9 Å². The molecule has 2 aromatic carbocycles. The van der Waals surface area contributed by atoms with E-state index in [1.165, 1.54) is 16.4 Å². The number of carbonyl (C=O) groups is 1. The summed E-state index contributed by atoms with van der Waals surface area (Å²) in [4.78, 5) is 15.7. The third-order valence-corrected chi connectivity index (χ3v) is 10.4. The molecule has 2 fully saturated rings. The summed E-state index contributed by atoms with van der Waals surface area (Å²) < 4.78 is 29.3. The van der Waals surface area contributed by atoms with Crippen LogP contribution in [0, 0.1) is 5.92 Å². The third-order valence-electron chi connectivity index (χ3n) is 8.43. The second-order valence-corrected chi connectivity index (χ2v) is 12.6. The summed E-state index contributed by atoms with van der Waals surface area (Å²) in [5.41, 5.74) is 6.01. The number of likely N-dealkylation sites (N-methyl/N-ethyl adjacent to an activating group) is 1. The van der Waals surface area contributed by atoms with Gasteiger partial charge < -0.3 is 15.7 Å². The van der Waals surface area contributed by atoms with E-state index in [2.05, 4.69) is 0 Å². The van der Waals surface area contributed by atoms with Gasteiger partial charge in [0.25, 0.3) is 0 Å². The Morgan fingerprint density at radius 2 is 1.57 bits per heavy atom. The van der Waals surface area contributed by atoms with Gasteiger partial charge in [-0.25, -0.2) is 8.42 Å². The Labute approximate surface area is 221 Å². The molecule has 0 saturated heterocycles. The van der Waals surface area contributed by atoms with Crippen molar-refractivity contribution in [1.82, 2.24) is 9.21 Å². The summed E-state index contributed by atoms with van der Waals surface area (Å²) >= 11 is 0. The van der Waals surface area contributed by atoms with Gasteiger partial charge in [0.2, 0.25) is 15.9 Å². The summed E-state index contributed by atoms with van der Waals surface area (Å²) in [5, 5.41) is 12.0. The van der Waals surface area contributed by atoms with Crippen molar-refractivity contribution < 1.29 is 18.3 Å². The zero-order valence-electron chi connectivity index (χ0n) is 22.1. The molecule has 2 aromatic rings. The standard InChI is InChI=1S/C29H41N3O4S/c1-3-31(28(34)22-11-7-8-12-22)29(2,23-13-5-4-6-14-23)27(33)21-32(25-15-9-10-16-25)37(35,36)26-19-17-24(30)18-20-26/h4-6,13-14,17-20,22,25,27,33H,3,7-12,15-16,21,30H2,1-2H3/t27?,29-/m0/s1. The maximum Gasteiger partial charge on any atom is 0.243 e. The van der Waals surface area contributed by atoms with Crippen LogP contribution in [0.3, 0.4) is 0 Å². The Bertz CT molecular complexity index is 1140. The summed E-state index contributed by atoms with van der Waals surface area (Å²) in [7, 11) is -3.89. The highest BCUT2D eigenvalue weighted by molar-refractivity contribution is 7.89. The lowest BCUT2D eigenvalue weighted by Gasteiger charge is -2.47. The lowest BCUT2D eigenvalue weighted by molar-refractivity contribution is -0.148. The van der Waals surface area contributed by atoms with Crippen molar-refractivity contribution in [1.29, 1.82) is 0 Å². The first kappa shape index (κ1) is 27.6. The van der Waals surface area contributed by atoms with E-state index in [4.69, 9.17) is 5.73 Å². The molecule has 3 N–H and O–H groups in total. The van der Waals surface area contributed by atoms with Gasteiger partial charge in [-0.05, 0) is 69.4 Å². The van der Waals surface area contributed by atoms with Crippen molar-refractivity contribution in [3.8, 4) is 0 Å². The number of hydrogen-bond donors (Lipinski definition) is 2. The second kappa shape index (κ2) is 11.5. The summed E-state index contributed by atoms with van der Waals surface area (Å²) in [6, 6.07) is 15.6. The van der Waals surface area contributed by atoms with Gasteiger partial charge in [-0.15, -0.1) is 0 Å². The highest BCUT2D eigenvalue weighted by Crippen LogP contribution is 2.38. The number of nitrogens with zero attached hydrogens (tertiary/aromatic N) is 2. The summed E-state index contributed by atoms with van der Waals surface area (Å²) in [6.07, 6.45) is 6.05. The lowest BCUT2D eigenvalue weighted by Crippen LogP contribution is -2.59. The topological polar surface area (TPSA) is 104 Å². The van der Waals surface area contributed by atoms with Gasteiger partial charge in [0.05, 0.1) is 16.5 Å². The number of aliphatic hydroxyl groups excluding tert-OH is 1. The molecule has 2 aliphatic rings. The summed E-state index contributed by atoms with van der Waals surface area (Å²) in [5.74, 6) is -0.0150. The van der Waals surface area contributed by atoms with Crippen molar-refractivity contribution in [3.63, 3.8) is 0 Å². The first-order chi connectivity index (χ1) is 17.7. The third kappa shape index (κ3) is 5.56. The zero-order valence-corrected chi connectivity index (χ0v) is 22.9. The van der Waals surface area contributed by atoms with Gasteiger partial charge >= 0.3 is 0 Å². The first-order valence-corrected chi connectivity index (χ1v) is 15.1. The van der Waals surface area contributed by atoms with Crippen LogP contribution in [0.1, 0.15) is 70.8 Å². The van der Waals surface area contributed by atoms with E-state index in [1.807, 2.05) is 44.2 Å². The number of nitrogens with two attached hydrogens (primary N) is 1. The molecule has 0 heterocycles. The number of amides is 1. The quantitative estimate of drug-likeness (QED) is 0.442. The molecule has 7 nitrogen and oxygen atoms in total. The van der Waals surface area contributed by atoms with E-state index < -0.39 is 21.7 Å². The minimum absolute atomic E-state index is 0.0409. The van der Waals surface area contributed by atoms with E-state index in [-0.39, 0.29) is 29.3 Å². The highest BCUT2D eigenvalue weighted by atomic mass is 32.2. The Hall–Kier alpha value is -2.42. The Kier molecular flexibility index (Phi) is 8.61. The molecule has 8 heteroatoms. The molecule has 0 bridgehead atoms. The van der Waals surface area contributed by atoms with Crippen molar-refractivity contribution in [2.45, 2.75) is 87.8 Å². The van der Waals surface area contributed by atoms with Crippen LogP contribution in [0.25, 0.3) is 0 Å². The SMILES string of the molecule is CCN(C(=O)C1CCCC1)[C@@](C)(c1ccccc1)C(O)CN(C1CCCC1)S(=O)(=O)c1ccc(N)cc1. The van der Waals surface area contributed by atoms with Crippen molar-refractivity contribution in [3.05, 3.63) is 60.2 Å². The van der Waals surface area contributed by atoms with Gasteiger partial charge in [0.15, 0.2) is 0 Å². The van der Waals surface area contributed by atoms with Crippen molar-refractivity contribution >= 4 is 21.6 Å². The number of hydrogen-bond acceptors (Lipinski definition) is 5. The number of benzene rings is 2. The molecule has 2 saturated carbocycles. The average Bonchev–Trinajstić information content (AvgIpc) is 3.63. The number of aliphatic hydroxyl groups is 1. The number of sulfonamides is 1. The van der Waals surface area contributed by atoms with Gasteiger partial charge in [0, 0.05) is 30.7 Å². The molecular weight excluding hydrogens is 486 g/mol. The molecule has 1 amide bonds. The number of anilines is 1. The molecular formula is C29H41N3O4S. The van der Waals surface area contributed by atoms with E-state index in [0.29, 0.717) is 12.2 Å². The fourth-order valence-electron chi connectivity index (χ4n) is 6.17. The number of nitrogen functional groups attached to an aromatic ring is 1. The molecule has 0 radical (unpaired) electrons. The largest absolute Gasteiger partial charge is 0.399 e. The molecule has 0 spiro atoms. The highest BCUT2D eigenvalue weighted by Gasteiger charge is 2.47. The molecule has 2 aliphatic carbocycles. The smallest absolute Gasteiger partial charge is 0.243 e. The van der Waals surface area contributed by atoms with Crippen molar-refractivity contribution in [2.75, 3.05) is 18.8 Å². The minimum atomic E-state index is -3.89. The van der Waals surface area contributed by atoms with Crippen LogP contribution >= 0.6 is 0 Å². The van der Waals surface area contributed by atoms with Crippen LogP contribution in [0.5, 0.6) is 0 Å². The molecule has 2 atom stereocenters. The molecule has 202 valence electrons. The predicted octanol–water partition coefficient (Wildman–Crippen LogP) is 4.52. The fourth-order valence-corrected chi connectivity index (χ4v) is 7.86. The van der Waals surface area contributed by atoms with Crippen molar-refractivity contribution in [2.24, 2.45) is 5.92 Å². The van der Waals surface area contributed by atoms with Crippen LogP contribution in [0.2, 0.25) is 0 Å². The lowest BCUT2D eigenvalue weighted by atomic mass is 9.83. The Balaban J connectivity index is 1.73. The van der Waals surface area contributed by atoms with Gasteiger partial charge in [-0.2, -0.15) is 4.31 Å².